The smallest absolute Gasteiger partial charge is 0.416 e. The van der Waals surface area contributed by atoms with Crippen molar-refractivity contribution in [1.29, 1.82) is 0 Å². The van der Waals surface area contributed by atoms with Crippen molar-refractivity contribution in [3.8, 4) is 5.75 Å². The zero-order valence-electron chi connectivity index (χ0n) is 13.7. The van der Waals surface area contributed by atoms with Crippen molar-refractivity contribution in [3.63, 3.8) is 0 Å². The van der Waals surface area contributed by atoms with E-state index in [-0.39, 0.29) is 11.4 Å². The number of carbonyl (C=O) groups excluding carboxylic acids is 1. The fourth-order valence-corrected chi connectivity index (χ4v) is 1.99. The Bertz CT molecular complexity index is 858. The molecule has 0 aliphatic rings. The van der Waals surface area contributed by atoms with Gasteiger partial charge in [-0.25, -0.2) is 4.39 Å². The number of anilines is 1. The molecule has 2 N–H and O–H groups in total. The van der Waals surface area contributed by atoms with Crippen LogP contribution in [0.25, 0.3) is 0 Å². The number of nitro benzene ring substituents is 1. The summed E-state index contributed by atoms with van der Waals surface area (Å²) in [5, 5.41) is 11.0. The van der Waals surface area contributed by atoms with Gasteiger partial charge in [0.15, 0.2) is 6.10 Å². The number of hydrogen-bond donors (Lipinski definition) is 2. The summed E-state index contributed by atoms with van der Waals surface area (Å²) in [5.74, 6) is -1.27. The first-order valence-electron chi connectivity index (χ1n) is 7.41. The Hall–Kier alpha value is -3.37. The molecule has 0 unspecified atom stereocenters. The summed E-state index contributed by atoms with van der Waals surface area (Å²) < 4.78 is 56.3. The van der Waals surface area contributed by atoms with E-state index in [1.165, 1.54) is 25.1 Å². The van der Waals surface area contributed by atoms with Crippen molar-refractivity contribution >= 4 is 17.3 Å². The molecular formula is C16H13F4N3O4. The maximum absolute atomic E-state index is 13.1. The second-order valence-electron chi connectivity index (χ2n) is 5.32. The Morgan fingerprint density at radius 3 is 2.52 bits per heavy atom. The van der Waals surface area contributed by atoms with Crippen LogP contribution in [0.5, 0.6) is 5.75 Å². The van der Waals surface area contributed by atoms with Gasteiger partial charge in [0, 0.05) is 12.1 Å². The molecule has 2 aromatic carbocycles. The van der Waals surface area contributed by atoms with E-state index in [1.54, 1.807) is 0 Å². The number of hydrazine groups is 1. The minimum Gasteiger partial charge on any atom is -0.481 e. The Labute approximate surface area is 150 Å². The van der Waals surface area contributed by atoms with Crippen LogP contribution in [0, 0.1) is 15.9 Å². The number of carbonyl (C=O) groups is 1. The van der Waals surface area contributed by atoms with Crippen molar-refractivity contribution < 1.29 is 32.0 Å². The zero-order valence-corrected chi connectivity index (χ0v) is 13.7. The summed E-state index contributed by atoms with van der Waals surface area (Å²) in [5.41, 5.74) is 1.86. The number of rotatable bonds is 6. The average molecular weight is 387 g/mol. The summed E-state index contributed by atoms with van der Waals surface area (Å²) >= 11 is 0. The molecule has 0 bridgehead atoms. The van der Waals surface area contributed by atoms with Crippen LogP contribution in [0.3, 0.4) is 0 Å². The maximum Gasteiger partial charge on any atom is 0.416 e. The van der Waals surface area contributed by atoms with Gasteiger partial charge in [0.1, 0.15) is 17.3 Å². The minimum atomic E-state index is -4.75. The Morgan fingerprint density at radius 1 is 1.22 bits per heavy atom. The number of hydrogen-bond acceptors (Lipinski definition) is 5. The molecule has 0 radical (unpaired) electrons. The predicted molar refractivity (Wildman–Crippen MR) is 86.4 cm³/mol. The molecule has 11 heteroatoms. The van der Waals surface area contributed by atoms with Crippen molar-refractivity contribution in [2.75, 3.05) is 5.43 Å². The van der Waals surface area contributed by atoms with E-state index in [2.05, 4.69) is 10.9 Å². The molecule has 0 aromatic heterocycles. The first-order valence-corrected chi connectivity index (χ1v) is 7.41. The number of nitrogens with one attached hydrogen (secondary N) is 2. The second kappa shape index (κ2) is 7.89. The Balaban J connectivity index is 2.06. The van der Waals surface area contributed by atoms with Gasteiger partial charge in [0.05, 0.1) is 10.5 Å². The third-order valence-electron chi connectivity index (χ3n) is 3.32. The van der Waals surface area contributed by atoms with E-state index >= 15 is 0 Å². The first kappa shape index (κ1) is 19.9. The third-order valence-corrected chi connectivity index (χ3v) is 3.32. The van der Waals surface area contributed by atoms with Crippen LogP contribution in [-0.2, 0) is 11.0 Å². The molecule has 0 spiro atoms. The lowest BCUT2D eigenvalue weighted by atomic mass is 10.1. The number of ether oxygens (including phenoxy) is 1. The second-order valence-corrected chi connectivity index (χ2v) is 5.32. The van der Waals surface area contributed by atoms with Crippen molar-refractivity contribution in [2.24, 2.45) is 0 Å². The molecule has 2 aromatic rings. The monoisotopic (exact) mass is 387 g/mol. The number of benzene rings is 2. The van der Waals surface area contributed by atoms with Gasteiger partial charge in [-0.1, -0.05) is 6.07 Å². The summed E-state index contributed by atoms with van der Waals surface area (Å²) in [7, 11) is 0. The molecular weight excluding hydrogens is 374 g/mol. The van der Waals surface area contributed by atoms with E-state index in [4.69, 9.17) is 4.74 Å². The number of nitro groups is 1. The fraction of sp³-hybridized carbons (Fsp3) is 0.188. The molecule has 0 saturated carbocycles. The Kier molecular flexibility index (Phi) is 5.83. The van der Waals surface area contributed by atoms with E-state index in [1.807, 2.05) is 0 Å². The molecule has 144 valence electrons. The lowest BCUT2D eigenvalue weighted by Gasteiger charge is -2.16. The van der Waals surface area contributed by atoms with E-state index in [9.17, 15) is 32.5 Å². The predicted octanol–water partition coefficient (Wildman–Crippen LogP) is 3.66. The van der Waals surface area contributed by atoms with Crippen LogP contribution >= 0.6 is 0 Å². The van der Waals surface area contributed by atoms with Crippen LogP contribution in [0.1, 0.15) is 12.5 Å². The van der Waals surface area contributed by atoms with Gasteiger partial charge < -0.3 is 4.74 Å². The van der Waals surface area contributed by atoms with E-state index in [0.29, 0.717) is 12.1 Å². The average Bonchev–Trinajstić information content (AvgIpc) is 2.58. The SMILES string of the molecule is C[C@@H](Oc1cccc(F)c1)C(=O)NNc1ccc(C(F)(F)F)cc1[N+](=O)[O-]. The van der Waals surface area contributed by atoms with Crippen LogP contribution in [0.4, 0.5) is 28.9 Å². The summed E-state index contributed by atoms with van der Waals surface area (Å²) in [6.45, 7) is 1.34. The largest absolute Gasteiger partial charge is 0.481 e. The number of alkyl halides is 3. The minimum absolute atomic E-state index is 0.0816. The quantitative estimate of drug-likeness (QED) is 0.448. The molecule has 0 saturated heterocycles. The molecule has 0 aliphatic carbocycles. The van der Waals surface area contributed by atoms with Crippen LogP contribution in [-0.4, -0.2) is 16.9 Å². The third kappa shape index (κ3) is 5.30. The van der Waals surface area contributed by atoms with Gasteiger partial charge in [-0.3, -0.25) is 25.8 Å². The molecule has 1 atom stereocenters. The fourth-order valence-electron chi connectivity index (χ4n) is 1.99. The highest BCUT2D eigenvalue weighted by molar-refractivity contribution is 5.82. The van der Waals surface area contributed by atoms with Gasteiger partial charge in [-0.05, 0) is 31.2 Å². The maximum atomic E-state index is 13.1. The van der Waals surface area contributed by atoms with Crippen molar-refractivity contribution in [1.82, 2.24) is 5.43 Å². The highest BCUT2D eigenvalue weighted by atomic mass is 19.4. The summed E-state index contributed by atoms with van der Waals surface area (Å²) in [6.07, 6.45) is -5.87. The normalized spacial score (nSPS) is 12.2. The summed E-state index contributed by atoms with van der Waals surface area (Å²) in [4.78, 5) is 21.9. The molecule has 0 fully saturated rings. The molecule has 0 heterocycles. The van der Waals surface area contributed by atoms with Gasteiger partial charge in [0.2, 0.25) is 0 Å². The van der Waals surface area contributed by atoms with Gasteiger partial charge >= 0.3 is 6.18 Å². The van der Waals surface area contributed by atoms with Crippen molar-refractivity contribution in [2.45, 2.75) is 19.2 Å². The molecule has 1 amide bonds. The Morgan fingerprint density at radius 2 is 1.93 bits per heavy atom. The topological polar surface area (TPSA) is 93.5 Å². The molecule has 2 rings (SSSR count). The highest BCUT2D eigenvalue weighted by Crippen LogP contribution is 2.34. The van der Waals surface area contributed by atoms with Crippen LogP contribution in [0.2, 0.25) is 0 Å². The van der Waals surface area contributed by atoms with Gasteiger partial charge in [0.25, 0.3) is 11.6 Å². The van der Waals surface area contributed by atoms with E-state index in [0.717, 1.165) is 12.1 Å². The zero-order chi connectivity index (χ0) is 20.2. The standard InChI is InChI=1S/C16H13F4N3O4/c1-9(27-12-4-2-3-11(17)8-12)15(24)22-21-13-6-5-10(16(18,19)20)7-14(13)23(25)26/h2-9,21H,1H3,(H,22,24)/t9-/m1/s1. The number of amides is 1. The summed E-state index contributed by atoms with van der Waals surface area (Å²) in [6, 6.07) is 6.83. The number of nitrogens with zero attached hydrogens (tertiary/aromatic N) is 1. The molecule has 0 aliphatic heterocycles. The lowest BCUT2D eigenvalue weighted by Crippen LogP contribution is -2.39. The van der Waals surface area contributed by atoms with Gasteiger partial charge in [-0.15, -0.1) is 0 Å². The first-order chi connectivity index (χ1) is 12.6. The number of halogens is 4. The van der Waals surface area contributed by atoms with Gasteiger partial charge in [-0.2, -0.15) is 13.2 Å². The molecule has 27 heavy (non-hydrogen) atoms. The highest BCUT2D eigenvalue weighted by Gasteiger charge is 2.33. The molecule has 7 nitrogen and oxygen atoms in total. The van der Waals surface area contributed by atoms with Crippen LogP contribution in [0.15, 0.2) is 42.5 Å². The van der Waals surface area contributed by atoms with E-state index < -0.39 is 40.2 Å². The van der Waals surface area contributed by atoms with Crippen LogP contribution < -0.4 is 15.6 Å². The lowest BCUT2D eigenvalue weighted by molar-refractivity contribution is -0.384. The van der Waals surface area contributed by atoms with Crippen molar-refractivity contribution in [3.05, 3.63) is 64.0 Å².